The minimum atomic E-state index is 0.316. The molecule has 0 aromatic carbocycles. The van der Waals surface area contributed by atoms with E-state index in [2.05, 4.69) is 4.90 Å². The number of amides is 1. The lowest BCUT2D eigenvalue weighted by Crippen LogP contribution is -2.43. The largest absolute Gasteiger partial charge is 0.343 e. The van der Waals surface area contributed by atoms with E-state index in [1.165, 1.54) is 44.9 Å². The molecule has 0 atom stereocenters. The summed E-state index contributed by atoms with van der Waals surface area (Å²) in [4.78, 5) is 14.0. The molecule has 0 aromatic rings. The maximum Gasteiger partial charge on any atom is 0.222 e. The van der Waals surface area contributed by atoms with Gasteiger partial charge in [-0.15, -0.1) is 11.6 Å². The summed E-state index contributed by atoms with van der Waals surface area (Å²) < 4.78 is 0. The van der Waals surface area contributed by atoms with Gasteiger partial charge < -0.3 is 4.90 Å². The van der Waals surface area contributed by atoms with Crippen LogP contribution < -0.4 is 0 Å². The molecule has 1 saturated carbocycles. The van der Waals surface area contributed by atoms with E-state index in [4.69, 9.17) is 11.6 Å². The number of likely N-dealkylation sites (tertiary alicyclic amines) is 1. The molecule has 1 saturated heterocycles. The summed E-state index contributed by atoms with van der Waals surface area (Å²) in [6.07, 6.45) is 11.0. The maximum atomic E-state index is 11.9. The van der Waals surface area contributed by atoms with Crippen molar-refractivity contribution in [3.05, 3.63) is 0 Å². The highest BCUT2D eigenvalue weighted by molar-refractivity contribution is 6.17. The first-order valence-corrected chi connectivity index (χ1v) is 7.63. The number of carbonyl (C=O) groups is 1. The van der Waals surface area contributed by atoms with Crippen molar-refractivity contribution in [2.75, 3.05) is 19.0 Å². The Kier molecular flexibility index (Phi) is 4.72. The molecule has 0 N–H and O–H groups in total. The standard InChI is InChI=1S/C14H24ClNO/c15-10-4-5-13(17)16-11-8-14(9-12-16)6-2-1-3-7-14/h1-12H2. The van der Waals surface area contributed by atoms with Gasteiger partial charge in [0.2, 0.25) is 5.91 Å². The molecule has 0 radical (unpaired) electrons. The topological polar surface area (TPSA) is 20.3 Å². The van der Waals surface area contributed by atoms with Gasteiger partial charge in [-0.25, -0.2) is 0 Å². The summed E-state index contributed by atoms with van der Waals surface area (Å²) in [5.74, 6) is 0.917. The molecule has 2 fully saturated rings. The molecule has 0 aromatic heterocycles. The number of halogens is 1. The van der Waals surface area contributed by atoms with Crippen molar-refractivity contribution >= 4 is 17.5 Å². The third-order valence-electron chi connectivity index (χ3n) is 4.62. The monoisotopic (exact) mass is 257 g/mol. The van der Waals surface area contributed by atoms with Crippen LogP contribution in [0.3, 0.4) is 0 Å². The van der Waals surface area contributed by atoms with E-state index in [-0.39, 0.29) is 0 Å². The number of rotatable bonds is 3. The molecule has 3 heteroatoms. The highest BCUT2D eigenvalue weighted by Crippen LogP contribution is 2.44. The quantitative estimate of drug-likeness (QED) is 0.708. The molecule has 2 aliphatic rings. The zero-order chi connectivity index (χ0) is 12.1. The van der Waals surface area contributed by atoms with Crippen LogP contribution in [0, 0.1) is 5.41 Å². The van der Waals surface area contributed by atoms with Gasteiger partial charge in [-0.05, 0) is 37.5 Å². The van der Waals surface area contributed by atoms with E-state index in [1.807, 2.05) is 0 Å². The third kappa shape index (κ3) is 3.37. The SMILES string of the molecule is O=C(CCCCl)N1CCC2(CCCCC2)CC1. The Hall–Kier alpha value is -0.240. The number of carbonyl (C=O) groups excluding carboxylic acids is 1. The van der Waals surface area contributed by atoms with E-state index >= 15 is 0 Å². The third-order valence-corrected chi connectivity index (χ3v) is 4.88. The van der Waals surface area contributed by atoms with E-state index in [0.29, 0.717) is 23.6 Å². The fraction of sp³-hybridized carbons (Fsp3) is 0.929. The van der Waals surface area contributed by atoms with Crippen molar-refractivity contribution in [2.24, 2.45) is 5.41 Å². The number of hydrogen-bond acceptors (Lipinski definition) is 1. The van der Waals surface area contributed by atoms with Gasteiger partial charge in [-0.2, -0.15) is 0 Å². The van der Waals surface area contributed by atoms with Gasteiger partial charge in [0.25, 0.3) is 0 Å². The van der Waals surface area contributed by atoms with E-state index in [9.17, 15) is 4.79 Å². The van der Waals surface area contributed by atoms with Crippen molar-refractivity contribution in [2.45, 2.75) is 57.8 Å². The number of nitrogens with zero attached hydrogens (tertiary/aromatic N) is 1. The predicted molar refractivity (Wildman–Crippen MR) is 71.3 cm³/mol. The highest BCUT2D eigenvalue weighted by atomic mass is 35.5. The number of piperidine rings is 1. The fourth-order valence-corrected chi connectivity index (χ4v) is 3.54. The molecule has 0 unspecified atom stereocenters. The van der Waals surface area contributed by atoms with Crippen LogP contribution in [0.5, 0.6) is 0 Å². The van der Waals surface area contributed by atoms with Crippen LogP contribution in [0.2, 0.25) is 0 Å². The fourth-order valence-electron chi connectivity index (χ4n) is 3.41. The lowest BCUT2D eigenvalue weighted by atomic mass is 9.68. The summed E-state index contributed by atoms with van der Waals surface area (Å²) in [5, 5.41) is 0. The van der Waals surface area contributed by atoms with Gasteiger partial charge in [0.05, 0.1) is 0 Å². The second kappa shape index (κ2) is 6.08. The van der Waals surface area contributed by atoms with Crippen LogP contribution >= 0.6 is 11.6 Å². The van der Waals surface area contributed by atoms with Crippen molar-refractivity contribution in [3.8, 4) is 0 Å². The van der Waals surface area contributed by atoms with Crippen molar-refractivity contribution in [3.63, 3.8) is 0 Å². The second-order valence-corrected chi connectivity index (χ2v) is 6.11. The van der Waals surface area contributed by atoms with Crippen molar-refractivity contribution < 1.29 is 4.79 Å². The van der Waals surface area contributed by atoms with Crippen LogP contribution in [0.25, 0.3) is 0 Å². The molecule has 17 heavy (non-hydrogen) atoms. The summed E-state index contributed by atoms with van der Waals surface area (Å²) in [6, 6.07) is 0. The molecule has 1 aliphatic carbocycles. The van der Waals surface area contributed by atoms with Gasteiger partial charge in [0.15, 0.2) is 0 Å². The Labute approximate surface area is 110 Å². The lowest BCUT2D eigenvalue weighted by molar-refractivity contribution is -0.133. The molecule has 0 bridgehead atoms. The van der Waals surface area contributed by atoms with E-state index < -0.39 is 0 Å². The first-order valence-electron chi connectivity index (χ1n) is 7.10. The second-order valence-electron chi connectivity index (χ2n) is 5.73. The van der Waals surface area contributed by atoms with Gasteiger partial charge in [-0.3, -0.25) is 4.79 Å². The van der Waals surface area contributed by atoms with E-state index in [1.54, 1.807) is 0 Å². The Bertz CT molecular complexity index is 251. The number of hydrogen-bond donors (Lipinski definition) is 0. The van der Waals surface area contributed by atoms with Crippen molar-refractivity contribution in [1.29, 1.82) is 0 Å². The van der Waals surface area contributed by atoms with Gasteiger partial charge in [-0.1, -0.05) is 19.3 Å². The van der Waals surface area contributed by atoms with Crippen LogP contribution in [0.15, 0.2) is 0 Å². The molecular formula is C14H24ClNO. The highest BCUT2D eigenvalue weighted by Gasteiger charge is 2.36. The van der Waals surface area contributed by atoms with Gasteiger partial charge in [0, 0.05) is 25.4 Å². The number of alkyl halides is 1. The smallest absolute Gasteiger partial charge is 0.222 e. The average Bonchev–Trinajstić information content (AvgIpc) is 2.38. The first-order chi connectivity index (χ1) is 8.26. The zero-order valence-corrected chi connectivity index (χ0v) is 11.5. The Morgan fingerprint density at radius 3 is 2.29 bits per heavy atom. The Morgan fingerprint density at radius 1 is 1.06 bits per heavy atom. The minimum absolute atomic E-state index is 0.316. The lowest BCUT2D eigenvalue weighted by Gasteiger charge is -2.44. The molecule has 1 amide bonds. The average molecular weight is 258 g/mol. The van der Waals surface area contributed by atoms with Gasteiger partial charge >= 0.3 is 0 Å². The summed E-state index contributed by atoms with van der Waals surface area (Å²) in [6.45, 7) is 1.97. The Morgan fingerprint density at radius 2 is 1.71 bits per heavy atom. The molecule has 1 aliphatic heterocycles. The van der Waals surface area contributed by atoms with Crippen LogP contribution in [0.4, 0.5) is 0 Å². The molecule has 2 rings (SSSR count). The molecule has 1 spiro atoms. The predicted octanol–water partition coefficient (Wildman–Crippen LogP) is 3.58. The van der Waals surface area contributed by atoms with Crippen LogP contribution in [0.1, 0.15) is 57.8 Å². The summed E-state index contributed by atoms with van der Waals surface area (Å²) in [7, 11) is 0. The van der Waals surface area contributed by atoms with Crippen LogP contribution in [-0.4, -0.2) is 29.8 Å². The molecule has 98 valence electrons. The molecule has 1 heterocycles. The van der Waals surface area contributed by atoms with Crippen molar-refractivity contribution in [1.82, 2.24) is 4.90 Å². The minimum Gasteiger partial charge on any atom is -0.343 e. The van der Waals surface area contributed by atoms with Gasteiger partial charge in [0.1, 0.15) is 0 Å². The van der Waals surface area contributed by atoms with Crippen LogP contribution in [-0.2, 0) is 4.79 Å². The van der Waals surface area contributed by atoms with E-state index in [0.717, 1.165) is 19.5 Å². The molecular weight excluding hydrogens is 234 g/mol. The Balaban J connectivity index is 1.78. The first kappa shape index (κ1) is 13.2. The maximum absolute atomic E-state index is 11.9. The summed E-state index contributed by atoms with van der Waals surface area (Å²) in [5.41, 5.74) is 0.599. The summed E-state index contributed by atoms with van der Waals surface area (Å²) >= 11 is 5.63. The molecule has 2 nitrogen and oxygen atoms in total. The normalized spacial score (nSPS) is 23.9. The zero-order valence-electron chi connectivity index (χ0n) is 10.7.